The Balaban J connectivity index is 1.85. The van der Waals surface area contributed by atoms with Gasteiger partial charge in [0, 0.05) is 12.7 Å². The largest absolute Gasteiger partial charge is 0.346 e. The number of aromatic amines is 1. The van der Waals surface area contributed by atoms with Crippen molar-refractivity contribution in [2.45, 2.75) is 25.8 Å². The molecule has 1 aliphatic rings. The molecular weight excluding hydrogens is 292 g/mol. The second-order valence-electron chi connectivity index (χ2n) is 6.01. The van der Waals surface area contributed by atoms with E-state index >= 15 is 0 Å². The number of likely N-dealkylation sites (N-methyl/N-ethyl adjacent to an activating group) is 1. The van der Waals surface area contributed by atoms with E-state index in [1.807, 2.05) is 25.4 Å². The van der Waals surface area contributed by atoms with Gasteiger partial charge in [-0.2, -0.15) is 10.2 Å². The number of H-pyrrole nitrogens is 1. The molecule has 7 heteroatoms. The van der Waals surface area contributed by atoms with Crippen LogP contribution in [-0.4, -0.2) is 47.0 Å². The molecule has 0 bridgehead atoms. The van der Waals surface area contributed by atoms with Crippen LogP contribution in [0.5, 0.6) is 0 Å². The molecule has 3 heterocycles. The minimum atomic E-state index is -0.0983. The maximum absolute atomic E-state index is 12.0. The highest BCUT2D eigenvalue weighted by Gasteiger charge is 2.36. The molecule has 2 unspecified atom stereocenters. The Labute approximate surface area is 134 Å². The first-order chi connectivity index (χ1) is 11.1. The molecule has 1 aliphatic heterocycles. The molecule has 1 N–H and O–H groups in total. The van der Waals surface area contributed by atoms with Crippen LogP contribution in [0.1, 0.15) is 19.8 Å². The summed E-state index contributed by atoms with van der Waals surface area (Å²) in [5.74, 6) is 1.14. The number of piperidine rings is 1. The van der Waals surface area contributed by atoms with Crippen LogP contribution in [0.25, 0.3) is 11.0 Å². The van der Waals surface area contributed by atoms with Crippen molar-refractivity contribution in [1.29, 1.82) is 5.26 Å². The van der Waals surface area contributed by atoms with Crippen LogP contribution in [0.3, 0.4) is 0 Å². The van der Waals surface area contributed by atoms with Crippen molar-refractivity contribution in [2.24, 2.45) is 5.92 Å². The predicted octanol–water partition coefficient (Wildman–Crippen LogP) is 0.550. The van der Waals surface area contributed by atoms with E-state index in [1.54, 1.807) is 4.90 Å². The summed E-state index contributed by atoms with van der Waals surface area (Å²) < 4.78 is 0. The number of fused-ring (bicyclic) bond motifs is 1. The quantitative estimate of drug-likeness (QED) is 0.894. The number of carbonyl (C=O) groups is 1. The molecule has 0 aliphatic carbocycles. The van der Waals surface area contributed by atoms with E-state index in [-0.39, 0.29) is 18.4 Å². The fourth-order valence-corrected chi connectivity index (χ4v) is 3.20. The van der Waals surface area contributed by atoms with E-state index in [0.29, 0.717) is 19.0 Å². The number of rotatable bonds is 3. The van der Waals surface area contributed by atoms with Crippen molar-refractivity contribution < 1.29 is 9.78 Å². The number of likely N-dealkylation sites (tertiary alicyclic amines) is 1. The molecule has 118 valence electrons. The summed E-state index contributed by atoms with van der Waals surface area (Å²) in [6.07, 6.45) is 5.37. The van der Waals surface area contributed by atoms with Crippen molar-refractivity contribution in [3.63, 3.8) is 0 Å². The second-order valence-corrected chi connectivity index (χ2v) is 6.01. The standard InChI is InChI=1S/C16H18N6O/c1-11-5-8-22(14(23)3-6-17)9-13(11)21(2)16-12-4-7-18-15(12)19-10-20-16/h4,7,11,13H,3,5,8-9H2,1-2H3/p+1. The molecule has 1 saturated heterocycles. The predicted molar refractivity (Wildman–Crippen MR) is 83.3 cm³/mol. The zero-order valence-electron chi connectivity index (χ0n) is 13.3. The molecule has 1 fully saturated rings. The molecule has 23 heavy (non-hydrogen) atoms. The van der Waals surface area contributed by atoms with Crippen LogP contribution < -0.4 is 9.88 Å². The van der Waals surface area contributed by atoms with Crippen molar-refractivity contribution in [2.75, 3.05) is 25.0 Å². The molecule has 3 rings (SSSR count). The van der Waals surface area contributed by atoms with Crippen molar-refractivity contribution in [3.05, 3.63) is 18.6 Å². The number of nitrogens with zero attached hydrogens (tertiary/aromatic N) is 5. The third-order valence-electron chi connectivity index (χ3n) is 4.62. The van der Waals surface area contributed by atoms with E-state index in [2.05, 4.69) is 33.1 Å². The van der Waals surface area contributed by atoms with Crippen LogP contribution in [0.2, 0.25) is 0 Å². The van der Waals surface area contributed by atoms with Crippen molar-refractivity contribution in [3.8, 4) is 6.07 Å². The molecule has 2 atom stereocenters. The summed E-state index contributed by atoms with van der Waals surface area (Å²) in [5, 5.41) is 9.68. The van der Waals surface area contributed by atoms with Crippen LogP contribution in [0, 0.1) is 23.6 Å². The summed E-state index contributed by atoms with van der Waals surface area (Å²) in [7, 11) is 1.99. The maximum Gasteiger partial charge on any atom is 0.346 e. The monoisotopic (exact) mass is 311 g/mol. The Bertz CT molecular complexity index is 748. The third-order valence-corrected chi connectivity index (χ3v) is 4.62. The Morgan fingerprint density at radius 2 is 2.52 bits per heavy atom. The van der Waals surface area contributed by atoms with Crippen molar-refractivity contribution in [1.82, 2.24) is 14.9 Å². The molecule has 2 aromatic heterocycles. The fourth-order valence-electron chi connectivity index (χ4n) is 3.20. The van der Waals surface area contributed by atoms with E-state index in [4.69, 9.17) is 5.26 Å². The van der Waals surface area contributed by atoms with Gasteiger partial charge in [0.1, 0.15) is 11.8 Å². The highest BCUT2D eigenvalue weighted by molar-refractivity contribution is 5.85. The summed E-state index contributed by atoms with van der Waals surface area (Å²) >= 11 is 0. The number of carbonyl (C=O) groups excluding carboxylic acids is 1. The lowest BCUT2D eigenvalue weighted by Gasteiger charge is -2.38. The smallest absolute Gasteiger partial charge is 0.338 e. The number of aromatic nitrogens is 3. The SMILES string of the molecule is CC1CCN(C(=O)CC#N)CC1N(C)c1[n+]#cnc2[nH]ccc12. The fraction of sp³-hybridized carbons (Fsp3) is 0.500. The molecule has 1 amide bonds. The van der Waals surface area contributed by atoms with E-state index in [0.717, 1.165) is 23.3 Å². The number of hydrogen-bond donors (Lipinski definition) is 1. The Kier molecular flexibility index (Phi) is 4.03. The number of nitrogens with one attached hydrogen (secondary N) is 1. The lowest BCUT2D eigenvalue weighted by molar-refractivity contribution is -0.281. The van der Waals surface area contributed by atoms with Crippen LogP contribution in [0.15, 0.2) is 12.3 Å². The minimum absolute atomic E-state index is 0.0614. The highest BCUT2D eigenvalue weighted by Crippen LogP contribution is 2.26. The maximum atomic E-state index is 12.0. The average molecular weight is 311 g/mol. The van der Waals surface area contributed by atoms with Crippen LogP contribution >= 0.6 is 0 Å². The topological polar surface area (TPSA) is 90.1 Å². The van der Waals surface area contributed by atoms with Gasteiger partial charge in [-0.1, -0.05) is 6.92 Å². The van der Waals surface area contributed by atoms with Gasteiger partial charge in [0.2, 0.25) is 11.6 Å². The number of nitriles is 1. The Morgan fingerprint density at radius 3 is 3.30 bits per heavy atom. The molecule has 0 aromatic carbocycles. The number of anilines is 1. The Morgan fingerprint density at radius 1 is 1.70 bits per heavy atom. The van der Waals surface area contributed by atoms with Gasteiger partial charge in [-0.25, -0.2) is 0 Å². The van der Waals surface area contributed by atoms with Gasteiger partial charge in [-0.15, -0.1) is 0 Å². The van der Waals surface area contributed by atoms with Gasteiger partial charge < -0.3 is 9.88 Å². The summed E-state index contributed by atoms with van der Waals surface area (Å²) in [6.45, 7) is 3.50. The van der Waals surface area contributed by atoms with E-state index < -0.39 is 0 Å². The first-order valence-corrected chi connectivity index (χ1v) is 7.70. The molecule has 2 aromatic rings. The van der Waals surface area contributed by atoms with Gasteiger partial charge in [-0.3, -0.25) is 9.69 Å². The van der Waals surface area contributed by atoms with Gasteiger partial charge in [-0.05, 0) is 23.4 Å². The van der Waals surface area contributed by atoms with Gasteiger partial charge in [0.25, 0.3) is 0 Å². The van der Waals surface area contributed by atoms with Crippen molar-refractivity contribution >= 4 is 22.8 Å². The first kappa shape index (κ1) is 15.1. The van der Waals surface area contributed by atoms with Gasteiger partial charge in [0.15, 0.2) is 0 Å². The zero-order chi connectivity index (χ0) is 16.4. The lowest BCUT2D eigenvalue weighted by atomic mass is 9.92. The normalized spacial score (nSPS) is 20.8. The minimum Gasteiger partial charge on any atom is -0.338 e. The van der Waals surface area contributed by atoms with Crippen LogP contribution in [0.4, 0.5) is 5.82 Å². The molecular formula is C16H19N6O+. The average Bonchev–Trinajstić information content (AvgIpc) is 3.03. The van der Waals surface area contributed by atoms with E-state index in [9.17, 15) is 4.79 Å². The van der Waals surface area contributed by atoms with Gasteiger partial charge >= 0.3 is 12.1 Å². The highest BCUT2D eigenvalue weighted by atomic mass is 16.2. The summed E-state index contributed by atoms with van der Waals surface area (Å²) in [5.41, 5.74) is 0.753. The first-order valence-electron chi connectivity index (χ1n) is 7.70. The summed E-state index contributed by atoms with van der Waals surface area (Å²) in [4.78, 5) is 27.4. The molecule has 7 nitrogen and oxygen atoms in total. The molecule has 0 saturated carbocycles. The number of amides is 1. The lowest BCUT2D eigenvalue weighted by Crippen LogP contribution is -2.53. The third kappa shape index (κ3) is 2.78. The molecule has 0 spiro atoms. The molecule has 0 radical (unpaired) electrons. The van der Waals surface area contributed by atoms with Gasteiger partial charge in [0.05, 0.1) is 25.7 Å². The number of hydrogen-bond acceptors (Lipinski definition) is 4. The Hall–Kier alpha value is -2.80. The second kappa shape index (κ2) is 6.13. The van der Waals surface area contributed by atoms with Crippen LogP contribution in [-0.2, 0) is 4.79 Å². The zero-order valence-corrected chi connectivity index (χ0v) is 13.3. The van der Waals surface area contributed by atoms with E-state index in [1.165, 1.54) is 0 Å². The summed E-state index contributed by atoms with van der Waals surface area (Å²) in [6, 6.07) is 4.03.